The van der Waals surface area contributed by atoms with Gasteiger partial charge >= 0.3 is 0 Å². The third-order valence-electron chi connectivity index (χ3n) is 4.33. The van der Waals surface area contributed by atoms with Gasteiger partial charge in [-0.25, -0.2) is 0 Å². The number of morpholine rings is 1. The summed E-state index contributed by atoms with van der Waals surface area (Å²) in [5, 5.41) is 4.69. The van der Waals surface area contributed by atoms with Crippen molar-refractivity contribution >= 4 is 17.5 Å². The lowest BCUT2D eigenvalue weighted by Crippen LogP contribution is -2.55. The second-order valence-corrected chi connectivity index (χ2v) is 6.24. The molecule has 2 aliphatic heterocycles. The lowest BCUT2D eigenvalue weighted by atomic mass is 9.98. The molecule has 0 N–H and O–H groups in total. The Morgan fingerprint density at radius 1 is 1.38 bits per heavy atom. The zero-order valence-corrected chi connectivity index (χ0v) is 13.3. The number of aromatic nitrogens is 2. The smallest absolute Gasteiger partial charge is 0.275 e. The topological polar surface area (TPSA) is 50.6 Å². The van der Waals surface area contributed by atoms with Crippen molar-refractivity contribution in [3.05, 3.63) is 16.4 Å². The zero-order chi connectivity index (χ0) is 15.0. The molecule has 0 spiro atoms. The van der Waals surface area contributed by atoms with Crippen LogP contribution in [0.2, 0.25) is 5.02 Å². The highest BCUT2D eigenvalue weighted by Crippen LogP contribution is 2.25. The molecule has 2 aliphatic rings. The number of ether oxygens (including phenoxy) is 1. The maximum Gasteiger partial charge on any atom is 0.275 e. The summed E-state index contributed by atoms with van der Waals surface area (Å²) >= 11 is 6.17. The molecule has 3 heterocycles. The standard InChI is InChI=1S/C14H21ClN4O2/c1-10-12(15)13(16-17(10)2)14(20)19-8-11(9-19)7-18-3-5-21-6-4-18/h11H,3-9H2,1-2H3. The van der Waals surface area contributed by atoms with Gasteiger partial charge in [-0.05, 0) is 6.92 Å². The maximum atomic E-state index is 12.4. The number of likely N-dealkylation sites (tertiary alicyclic amines) is 1. The van der Waals surface area contributed by atoms with E-state index in [1.165, 1.54) is 0 Å². The van der Waals surface area contributed by atoms with Crippen molar-refractivity contribution in [2.45, 2.75) is 6.92 Å². The third kappa shape index (κ3) is 2.93. The molecule has 3 rings (SSSR count). The molecule has 0 atom stereocenters. The predicted octanol–water partition coefficient (Wildman–Crippen LogP) is 0.786. The molecule has 21 heavy (non-hydrogen) atoms. The Morgan fingerprint density at radius 3 is 2.62 bits per heavy atom. The Kier molecular flexibility index (Phi) is 4.19. The van der Waals surface area contributed by atoms with Crippen LogP contribution in [-0.2, 0) is 11.8 Å². The number of hydrogen-bond donors (Lipinski definition) is 0. The van der Waals surface area contributed by atoms with Crippen molar-refractivity contribution in [3.63, 3.8) is 0 Å². The first kappa shape index (κ1) is 14.8. The van der Waals surface area contributed by atoms with Crippen molar-refractivity contribution in [3.8, 4) is 0 Å². The Labute approximate surface area is 129 Å². The van der Waals surface area contributed by atoms with Crippen LogP contribution in [0.3, 0.4) is 0 Å². The second kappa shape index (κ2) is 5.94. The van der Waals surface area contributed by atoms with E-state index in [1.807, 2.05) is 11.8 Å². The van der Waals surface area contributed by atoms with Gasteiger partial charge < -0.3 is 9.64 Å². The van der Waals surface area contributed by atoms with Gasteiger partial charge in [0, 0.05) is 45.7 Å². The average molecular weight is 313 g/mol. The van der Waals surface area contributed by atoms with Gasteiger partial charge in [-0.15, -0.1) is 0 Å². The summed E-state index contributed by atoms with van der Waals surface area (Å²) in [5.41, 5.74) is 1.20. The molecule has 6 nitrogen and oxygen atoms in total. The van der Waals surface area contributed by atoms with Crippen molar-refractivity contribution in [2.24, 2.45) is 13.0 Å². The first-order valence-corrected chi connectivity index (χ1v) is 7.72. The fourth-order valence-corrected chi connectivity index (χ4v) is 3.11. The summed E-state index contributed by atoms with van der Waals surface area (Å²) in [7, 11) is 1.80. The van der Waals surface area contributed by atoms with Crippen molar-refractivity contribution in [1.82, 2.24) is 19.6 Å². The Bertz CT molecular complexity index is 533. The highest BCUT2D eigenvalue weighted by Gasteiger charge is 2.34. The van der Waals surface area contributed by atoms with E-state index in [0.717, 1.165) is 51.6 Å². The molecular formula is C14H21ClN4O2. The Hall–Kier alpha value is -1.11. The molecule has 0 unspecified atom stereocenters. The second-order valence-electron chi connectivity index (χ2n) is 5.86. The van der Waals surface area contributed by atoms with Gasteiger partial charge in [-0.2, -0.15) is 5.10 Å². The highest BCUT2D eigenvalue weighted by atomic mass is 35.5. The van der Waals surface area contributed by atoms with Crippen LogP contribution in [0.5, 0.6) is 0 Å². The molecule has 2 fully saturated rings. The van der Waals surface area contributed by atoms with Crippen LogP contribution >= 0.6 is 11.6 Å². The number of amides is 1. The van der Waals surface area contributed by atoms with Crippen LogP contribution in [0.1, 0.15) is 16.2 Å². The summed E-state index contributed by atoms with van der Waals surface area (Å²) in [5.74, 6) is 0.498. The lowest BCUT2D eigenvalue weighted by molar-refractivity contribution is 0.00696. The zero-order valence-electron chi connectivity index (χ0n) is 12.5. The summed E-state index contributed by atoms with van der Waals surface area (Å²) in [6.07, 6.45) is 0. The quantitative estimate of drug-likeness (QED) is 0.828. The minimum Gasteiger partial charge on any atom is -0.379 e. The van der Waals surface area contributed by atoms with Crippen LogP contribution in [-0.4, -0.2) is 71.4 Å². The fraction of sp³-hybridized carbons (Fsp3) is 0.714. The maximum absolute atomic E-state index is 12.4. The average Bonchev–Trinajstić information content (AvgIpc) is 2.70. The van der Waals surface area contributed by atoms with Crippen LogP contribution in [0, 0.1) is 12.8 Å². The third-order valence-corrected chi connectivity index (χ3v) is 4.78. The molecule has 116 valence electrons. The molecule has 0 aliphatic carbocycles. The summed E-state index contributed by atoms with van der Waals surface area (Å²) in [4.78, 5) is 16.6. The fourth-order valence-electron chi connectivity index (χ4n) is 2.87. The Balaban J connectivity index is 1.53. The molecule has 1 amide bonds. The first-order chi connectivity index (χ1) is 10.1. The van der Waals surface area contributed by atoms with E-state index in [0.29, 0.717) is 16.6 Å². The molecule has 1 aromatic heterocycles. The Morgan fingerprint density at radius 2 is 2.05 bits per heavy atom. The lowest BCUT2D eigenvalue weighted by Gasteiger charge is -2.42. The molecule has 7 heteroatoms. The number of aryl methyl sites for hydroxylation is 1. The first-order valence-electron chi connectivity index (χ1n) is 7.34. The largest absolute Gasteiger partial charge is 0.379 e. The number of halogens is 1. The van der Waals surface area contributed by atoms with Crippen LogP contribution < -0.4 is 0 Å². The van der Waals surface area contributed by atoms with Crippen molar-refractivity contribution in [1.29, 1.82) is 0 Å². The van der Waals surface area contributed by atoms with Gasteiger partial charge in [0.05, 0.1) is 23.9 Å². The number of carbonyl (C=O) groups is 1. The van der Waals surface area contributed by atoms with Gasteiger partial charge in [0.2, 0.25) is 0 Å². The van der Waals surface area contributed by atoms with E-state index in [4.69, 9.17) is 16.3 Å². The van der Waals surface area contributed by atoms with E-state index in [9.17, 15) is 4.79 Å². The van der Waals surface area contributed by atoms with E-state index < -0.39 is 0 Å². The summed E-state index contributed by atoms with van der Waals surface area (Å²) < 4.78 is 7.00. The number of nitrogens with zero attached hydrogens (tertiary/aromatic N) is 4. The van der Waals surface area contributed by atoms with Crippen LogP contribution in [0.25, 0.3) is 0 Å². The molecule has 1 aromatic rings. The SMILES string of the molecule is Cc1c(Cl)c(C(=O)N2CC(CN3CCOCC3)C2)nn1C. The summed E-state index contributed by atoms with van der Waals surface area (Å²) in [6.45, 7) is 8.12. The predicted molar refractivity (Wildman–Crippen MR) is 79.6 cm³/mol. The molecular weight excluding hydrogens is 292 g/mol. The minimum atomic E-state index is -0.0538. The van der Waals surface area contributed by atoms with E-state index in [1.54, 1.807) is 11.7 Å². The van der Waals surface area contributed by atoms with Gasteiger partial charge in [0.25, 0.3) is 5.91 Å². The molecule has 0 saturated carbocycles. The monoisotopic (exact) mass is 312 g/mol. The molecule has 0 radical (unpaired) electrons. The molecule has 2 saturated heterocycles. The number of carbonyl (C=O) groups excluding carboxylic acids is 1. The van der Waals surface area contributed by atoms with Gasteiger partial charge in [-0.3, -0.25) is 14.4 Å². The van der Waals surface area contributed by atoms with Gasteiger partial charge in [-0.1, -0.05) is 11.6 Å². The minimum absolute atomic E-state index is 0.0538. The highest BCUT2D eigenvalue weighted by molar-refractivity contribution is 6.34. The van der Waals surface area contributed by atoms with Crippen molar-refractivity contribution < 1.29 is 9.53 Å². The molecule has 0 aromatic carbocycles. The van der Waals surface area contributed by atoms with Crippen LogP contribution in [0.15, 0.2) is 0 Å². The van der Waals surface area contributed by atoms with E-state index in [2.05, 4.69) is 10.00 Å². The van der Waals surface area contributed by atoms with Gasteiger partial charge in [0.15, 0.2) is 5.69 Å². The normalized spacial score (nSPS) is 20.6. The van der Waals surface area contributed by atoms with Crippen molar-refractivity contribution in [2.75, 3.05) is 45.9 Å². The molecule has 0 bridgehead atoms. The number of hydrogen-bond acceptors (Lipinski definition) is 4. The number of rotatable bonds is 3. The van der Waals surface area contributed by atoms with Crippen LogP contribution in [0.4, 0.5) is 0 Å². The van der Waals surface area contributed by atoms with E-state index >= 15 is 0 Å². The van der Waals surface area contributed by atoms with E-state index in [-0.39, 0.29) is 5.91 Å². The van der Waals surface area contributed by atoms with Gasteiger partial charge in [0.1, 0.15) is 0 Å². The summed E-state index contributed by atoms with van der Waals surface area (Å²) in [6, 6.07) is 0.